The minimum atomic E-state index is 0.220. The number of allylic oxidation sites excluding steroid dienone is 1. The van der Waals surface area contributed by atoms with Crippen LogP contribution in [0.25, 0.3) is 0 Å². The summed E-state index contributed by atoms with van der Waals surface area (Å²) in [6.45, 7) is 9.40. The third kappa shape index (κ3) is 1.33. The van der Waals surface area contributed by atoms with E-state index in [1.54, 1.807) is 5.57 Å². The van der Waals surface area contributed by atoms with Crippen LogP contribution in [0, 0.1) is 23.7 Å². The van der Waals surface area contributed by atoms with E-state index in [2.05, 4.69) is 33.8 Å². The Morgan fingerprint density at radius 2 is 2.19 bits per heavy atom. The van der Waals surface area contributed by atoms with E-state index in [1.807, 2.05) is 0 Å². The van der Waals surface area contributed by atoms with E-state index in [-0.39, 0.29) is 5.60 Å². The van der Waals surface area contributed by atoms with Crippen molar-refractivity contribution >= 4 is 0 Å². The van der Waals surface area contributed by atoms with Crippen LogP contribution in [0.4, 0.5) is 0 Å². The molecular weight excluding hydrogens is 196 g/mol. The summed E-state index contributed by atoms with van der Waals surface area (Å²) in [5, 5.41) is 0. The second-order valence-electron chi connectivity index (χ2n) is 6.74. The van der Waals surface area contributed by atoms with Crippen molar-refractivity contribution in [2.45, 2.75) is 58.7 Å². The van der Waals surface area contributed by atoms with Crippen molar-refractivity contribution in [3.8, 4) is 0 Å². The molecule has 0 radical (unpaired) electrons. The standard InChI is InChI=1S/C15H24O/c1-9(2)11-5-6-15(4)14-12(11)7-10(3)8-13(14)16-15/h7,9,11-14H,5-6,8H2,1-4H3. The van der Waals surface area contributed by atoms with Gasteiger partial charge in [-0.25, -0.2) is 0 Å². The van der Waals surface area contributed by atoms with Gasteiger partial charge < -0.3 is 4.74 Å². The Labute approximate surface area is 99.3 Å². The molecule has 0 aromatic carbocycles. The largest absolute Gasteiger partial charge is 0.371 e. The zero-order valence-corrected chi connectivity index (χ0v) is 11.0. The van der Waals surface area contributed by atoms with Gasteiger partial charge in [0.25, 0.3) is 0 Å². The van der Waals surface area contributed by atoms with Crippen LogP contribution in [0.3, 0.4) is 0 Å². The van der Waals surface area contributed by atoms with Gasteiger partial charge in [-0.15, -0.1) is 0 Å². The highest BCUT2D eigenvalue weighted by Gasteiger charge is 2.59. The molecule has 0 aromatic rings. The highest BCUT2D eigenvalue weighted by atomic mass is 16.5. The van der Waals surface area contributed by atoms with E-state index in [4.69, 9.17) is 4.74 Å². The molecule has 0 bridgehead atoms. The van der Waals surface area contributed by atoms with E-state index in [9.17, 15) is 0 Å². The van der Waals surface area contributed by atoms with Gasteiger partial charge in [0.05, 0.1) is 11.7 Å². The third-order valence-corrected chi connectivity index (χ3v) is 5.27. The number of hydrogen-bond donors (Lipinski definition) is 0. The van der Waals surface area contributed by atoms with Crippen molar-refractivity contribution in [1.29, 1.82) is 0 Å². The molecule has 1 saturated carbocycles. The molecule has 5 atom stereocenters. The summed E-state index contributed by atoms with van der Waals surface area (Å²) in [4.78, 5) is 0. The molecule has 3 aliphatic rings. The average Bonchev–Trinajstić information content (AvgIpc) is 2.14. The van der Waals surface area contributed by atoms with Crippen LogP contribution in [-0.2, 0) is 4.74 Å². The third-order valence-electron chi connectivity index (χ3n) is 5.27. The van der Waals surface area contributed by atoms with Crippen LogP contribution in [0.5, 0.6) is 0 Å². The first-order chi connectivity index (χ1) is 7.51. The summed E-state index contributed by atoms with van der Waals surface area (Å²) < 4.78 is 6.16. The van der Waals surface area contributed by atoms with E-state index >= 15 is 0 Å². The molecule has 1 aliphatic heterocycles. The lowest BCUT2D eigenvalue weighted by Gasteiger charge is -2.63. The molecule has 0 aromatic heterocycles. The van der Waals surface area contributed by atoms with E-state index in [0.717, 1.165) is 23.7 Å². The second-order valence-corrected chi connectivity index (χ2v) is 6.74. The molecule has 1 saturated heterocycles. The molecule has 3 rings (SSSR count). The first-order valence-corrected chi connectivity index (χ1v) is 6.86. The Hall–Kier alpha value is -0.300. The van der Waals surface area contributed by atoms with Crippen molar-refractivity contribution in [3.05, 3.63) is 11.6 Å². The van der Waals surface area contributed by atoms with Gasteiger partial charge in [0, 0.05) is 5.92 Å². The fraction of sp³-hybridized carbons (Fsp3) is 0.867. The smallest absolute Gasteiger partial charge is 0.0717 e. The molecule has 90 valence electrons. The number of rotatable bonds is 1. The molecule has 0 amide bonds. The Morgan fingerprint density at radius 3 is 2.88 bits per heavy atom. The molecule has 2 aliphatic carbocycles. The summed E-state index contributed by atoms with van der Waals surface area (Å²) >= 11 is 0. The maximum absolute atomic E-state index is 6.16. The molecule has 2 fully saturated rings. The Bertz CT molecular complexity index is 330. The summed E-state index contributed by atoms with van der Waals surface area (Å²) in [6, 6.07) is 0. The minimum Gasteiger partial charge on any atom is -0.371 e. The Kier molecular flexibility index (Phi) is 2.27. The van der Waals surface area contributed by atoms with Crippen molar-refractivity contribution in [3.63, 3.8) is 0 Å². The second kappa shape index (κ2) is 3.35. The lowest BCUT2D eigenvalue weighted by Crippen LogP contribution is -2.65. The molecule has 1 heterocycles. The lowest BCUT2D eigenvalue weighted by molar-refractivity contribution is -0.290. The highest BCUT2D eigenvalue weighted by Crippen LogP contribution is 2.58. The van der Waals surface area contributed by atoms with Crippen molar-refractivity contribution < 1.29 is 4.74 Å². The maximum Gasteiger partial charge on any atom is 0.0717 e. The predicted octanol–water partition coefficient (Wildman–Crippen LogP) is 3.79. The van der Waals surface area contributed by atoms with Gasteiger partial charge in [0.15, 0.2) is 0 Å². The van der Waals surface area contributed by atoms with Crippen LogP contribution in [-0.4, -0.2) is 11.7 Å². The summed E-state index contributed by atoms with van der Waals surface area (Å²) in [6.07, 6.45) is 6.93. The molecule has 0 N–H and O–H groups in total. The van der Waals surface area contributed by atoms with Gasteiger partial charge >= 0.3 is 0 Å². The van der Waals surface area contributed by atoms with Crippen LogP contribution >= 0.6 is 0 Å². The van der Waals surface area contributed by atoms with Gasteiger partial charge in [0.1, 0.15) is 0 Å². The topological polar surface area (TPSA) is 9.23 Å². The SMILES string of the molecule is CC1=CC2C(C(C)C)CCC3(C)OC(C1)C23. The van der Waals surface area contributed by atoms with E-state index in [1.165, 1.54) is 19.3 Å². The Balaban J connectivity index is 1.93. The molecule has 0 spiro atoms. The van der Waals surface area contributed by atoms with Crippen molar-refractivity contribution in [1.82, 2.24) is 0 Å². The van der Waals surface area contributed by atoms with Crippen LogP contribution < -0.4 is 0 Å². The lowest BCUT2D eigenvalue weighted by atomic mass is 9.54. The van der Waals surface area contributed by atoms with Crippen molar-refractivity contribution in [2.24, 2.45) is 23.7 Å². The first-order valence-electron chi connectivity index (χ1n) is 6.86. The van der Waals surface area contributed by atoms with Crippen molar-refractivity contribution in [2.75, 3.05) is 0 Å². The molecule has 1 nitrogen and oxygen atoms in total. The summed E-state index contributed by atoms with van der Waals surface area (Å²) in [7, 11) is 0. The molecular formula is C15H24O. The predicted molar refractivity (Wildman–Crippen MR) is 66.2 cm³/mol. The van der Waals surface area contributed by atoms with Gasteiger partial charge in [-0.05, 0) is 50.9 Å². The maximum atomic E-state index is 6.16. The quantitative estimate of drug-likeness (QED) is 0.611. The summed E-state index contributed by atoms with van der Waals surface area (Å²) in [5.41, 5.74) is 1.78. The average molecular weight is 220 g/mol. The van der Waals surface area contributed by atoms with Crippen LogP contribution in [0.15, 0.2) is 11.6 Å². The molecule has 16 heavy (non-hydrogen) atoms. The fourth-order valence-electron chi connectivity index (χ4n) is 4.50. The van der Waals surface area contributed by atoms with Gasteiger partial charge in [0.2, 0.25) is 0 Å². The normalized spacial score (nSPS) is 50.7. The molecule has 1 heteroatoms. The van der Waals surface area contributed by atoms with E-state index < -0.39 is 0 Å². The number of hydrogen-bond acceptors (Lipinski definition) is 1. The summed E-state index contributed by atoms with van der Waals surface area (Å²) in [5.74, 6) is 3.32. The number of ether oxygens (including phenoxy) is 1. The van der Waals surface area contributed by atoms with Gasteiger partial charge in [-0.3, -0.25) is 0 Å². The monoisotopic (exact) mass is 220 g/mol. The van der Waals surface area contributed by atoms with Gasteiger partial charge in [-0.1, -0.05) is 25.5 Å². The Morgan fingerprint density at radius 1 is 1.44 bits per heavy atom. The molecule has 5 unspecified atom stereocenters. The zero-order chi connectivity index (χ0) is 11.5. The van der Waals surface area contributed by atoms with Crippen LogP contribution in [0.2, 0.25) is 0 Å². The highest BCUT2D eigenvalue weighted by molar-refractivity contribution is 5.21. The zero-order valence-electron chi connectivity index (χ0n) is 11.0. The fourth-order valence-corrected chi connectivity index (χ4v) is 4.50. The first kappa shape index (κ1) is 10.8. The minimum absolute atomic E-state index is 0.220. The van der Waals surface area contributed by atoms with E-state index in [0.29, 0.717) is 6.10 Å². The van der Waals surface area contributed by atoms with Gasteiger partial charge in [-0.2, -0.15) is 0 Å². The van der Waals surface area contributed by atoms with Crippen LogP contribution in [0.1, 0.15) is 47.0 Å².